The van der Waals surface area contributed by atoms with Crippen LogP contribution < -0.4 is 0 Å². The van der Waals surface area contributed by atoms with Gasteiger partial charge in [0.2, 0.25) is 17.5 Å². The second-order valence-corrected chi connectivity index (χ2v) is 8.39. The van der Waals surface area contributed by atoms with Gasteiger partial charge < -0.3 is 19.1 Å². The van der Waals surface area contributed by atoms with Crippen LogP contribution in [0.15, 0.2) is 29.8 Å². The van der Waals surface area contributed by atoms with E-state index in [1.807, 2.05) is 0 Å². The number of carbonyl (C=O) groups is 4. The number of nitrogens with zero attached hydrogens (tertiary/aromatic N) is 1. The first-order valence-corrected chi connectivity index (χ1v) is 10.4. The zero-order valence-corrected chi connectivity index (χ0v) is 17.6. The van der Waals surface area contributed by atoms with E-state index < -0.39 is 29.2 Å². The predicted octanol–water partition coefficient (Wildman–Crippen LogP) is 1.91. The summed E-state index contributed by atoms with van der Waals surface area (Å²) in [5, 5.41) is 0. The molecule has 1 amide bonds. The Kier molecular flexibility index (Phi) is 5.66. The van der Waals surface area contributed by atoms with Gasteiger partial charge in [-0.1, -0.05) is 24.3 Å². The number of fused-ring (bicyclic) bond motifs is 2. The van der Waals surface area contributed by atoms with Crippen LogP contribution in [0.1, 0.15) is 49.0 Å². The molecule has 0 aromatic heterocycles. The van der Waals surface area contributed by atoms with Gasteiger partial charge in [0.15, 0.2) is 0 Å². The molecule has 1 saturated heterocycles. The van der Waals surface area contributed by atoms with Crippen molar-refractivity contribution in [1.82, 2.24) is 4.90 Å². The molecule has 3 aliphatic rings. The summed E-state index contributed by atoms with van der Waals surface area (Å²) in [6.45, 7) is 5.58. The summed E-state index contributed by atoms with van der Waals surface area (Å²) in [7, 11) is 0. The van der Waals surface area contributed by atoms with Gasteiger partial charge in [-0.25, -0.2) is 0 Å². The minimum Gasteiger partial charge on any atom is -0.483 e. The van der Waals surface area contributed by atoms with Crippen LogP contribution in [0.3, 0.4) is 0 Å². The van der Waals surface area contributed by atoms with Crippen molar-refractivity contribution in [2.45, 2.75) is 44.8 Å². The number of ether oxygens (including phenoxy) is 3. The van der Waals surface area contributed by atoms with E-state index in [0.717, 1.165) is 0 Å². The number of rotatable bonds is 4. The van der Waals surface area contributed by atoms with E-state index in [2.05, 4.69) is 0 Å². The number of carbonyl (C=O) groups excluding carboxylic acids is 4. The minimum absolute atomic E-state index is 0.0472. The second-order valence-electron chi connectivity index (χ2n) is 8.39. The molecular weight excluding hydrogens is 402 g/mol. The largest absolute Gasteiger partial charge is 0.483 e. The van der Waals surface area contributed by atoms with Crippen molar-refractivity contribution < 1.29 is 33.4 Å². The SMILES string of the molecule is CC1(C)OC2=C(CC1OC(=O)CCC(=O)N1CCOCC1)C(=O)C(=O)c1ccccc12. The van der Waals surface area contributed by atoms with Gasteiger partial charge in [-0.2, -0.15) is 0 Å². The number of hydrogen-bond acceptors (Lipinski definition) is 7. The molecule has 8 heteroatoms. The number of esters is 1. The summed E-state index contributed by atoms with van der Waals surface area (Å²) in [6.07, 6.45) is -0.681. The summed E-state index contributed by atoms with van der Waals surface area (Å²) >= 11 is 0. The Bertz CT molecular complexity index is 972. The van der Waals surface area contributed by atoms with Crippen molar-refractivity contribution in [3.05, 3.63) is 41.0 Å². The maximum absolute atomic E-state index is 12.7. The molecule has 0 spiro atoms. The van der Waals surface area contributed by atoms with Crippen molar-refractivity contribution in [1.29, 1.82) is 0 Å². The molecule has 1 atom stereocenters. The second kappa shape index (κ2) is 8.26. The number of hydrogen-bond donors (Lipinski definition) is 0. The fourth-order valence-electron chi connectivity index (χ4n) is 4.05. The van der Waals surface area contributed by atoms with Crippen molar-refractivity contribution in [2.75, 3.05) is 26.3 Å². The first-order valence-electron chi connectivity index (χ1n) is 10.4. The Labute approximate surface area is 180 Å². The average Bonchev–Trinajstić information content (AvgIpc) is 2.77. The molecule has 1 aromatic rings. The Morgan fingerprint density at radius 3 is 2.45 bits per heavy atom. The summed E-state index contributed by atoms with van der Waals surface area (Å²) < 4.78 is 16.9. The lowest BCUT2D eigenvalue weighted by molar-refractivity contribution is -0.164. The predicted molar refractivity (Wildman–Crippen MR) is 109 cm³/mol. The molecule has 164 valence electrons. The van der Waals surface area contributed by atoms with E-state index >= 15 is 0 Å². The Hall–Kier alpha value is -3.00. The average molecular weight is 427 g/mol. The molecular formula is C23H25NO7. The van der Waals surface area contributed by atoms with Gasteiger partial charge in [-0.05, 0) is 13.8 Å². The normalized spacial score (nSPS) is 22.4. The highest BCUT2D eigenvalue weighted by Gasteiger charge is 2.46. The molecule has 0 radical (unpaired) electrons. The zero-order valence-electron chi connectivity index (χ0n) is 17.6. The first-order chi connectivity index (χ1) is 14.8. The van der Waals surface area contributed by atoms with Gasteiger partial charge in [0.25, 0.3) is 0 Å². The lowest BCUT2D eigenvalue weighted by atomic mass is 9.81. The molecule has 1 aliphatic carbocycles. The van der Waals surface area contributed by atoms with E-state index in [1.165, 1.54) is 0 Å². The van der Waals surface area contributed by atoms with Crippen LogP contribution in [-0.2, 0) is 28.6 Å². The van der Waals surface area contributed by atoms with Crippen molar-refractivity contribution >= 4 is 29.2 Å². The van der Waals surface area contributed by atoms with Gasteiger partial charge in [0.05, 0.1) is 25.2 Å². The van der Waals surface area contributed by atoms with Crippen LogP contribution in [0, 0.1) is 0 Å². The Morgan fingerprint density at radius 2 is 1.74 bits per heavy atom. The monoisotopic (exact) mass is 427 g/mol. The quantitative estimate of drug-likeness (QED) is 0.535. The summed E-state index contributed by atoms with van der Waals surface area (Å²) in [4.78, 5) is 51.5. The Balaban J connectivity index is 1.45. The molecule has 2 heterocycles. The van der Waals surface area contributed by atoms with E-state index in [9.17, 15) is 19.2 Å². The Morgan fingerprint density at radius 1 is 1.06 bits per heavy atom. The minimum atomic E-state index is -0.906. The molecule has 1 fully saturated rings. The zero-order chi connectivity index (χ0) is 22.2. The van der Waals surface area contributed by atoms with Gasteiger partial charge >= 0.3 is 5.97 Å². The molecule has 2 aliphatic heterocycles. The number of Topliss-reactive ketones (excluding diaryl/α,β-unsaturated/α-hetero) is 2. The summed E-state index contributed by atoms with van der Waals surface area (Å²) in [5.41, 5.74) is 0.219. The van der Waals surface area contributed by atoms with Crippen LogP contribution in [-0.4, -0.2) is 66.4 Å². The third kappa shape index (κ3) is 4.12. The standard InChI is InChI=1S/C23H25NO7/c1-23(2)17(30-19(26)8-7-18(25)24-9-11-29-12-10-24)13-16-21(28)20(27)14-5-3-4-6-15(14)22(16)31-23/h3-6,17H,7-13H2,1-2H3. The maximum atomic E-state index is 12.7. The maximum Gasteiger partial charge on any atom is 0.306 e. The van der Waals surface area contributed by atoms with Gasteiger partial charge in [-0.3, -0.25) is 19.2 Å². The van der Waals surface area contributed by atoms with E-state index in [-0.39, 0.29) is 30.7 Å². The first kappa shape index (κ1) is 21.2. The molecule has 31 heavy (non-hydrogen) atoms. The smallest absolute Gasteiger partial charge is 0.306 e. The van der Waals surface area contributed by atoms with Crippen LogP contribution in [0.2, 0.25) is 0 Å². The number of ketones is 2. The van der Waals surface area contributed by atoms with Crippen molar-refractivity contribution in [2.24, 2.45) is 0 Å². The summed E-state index contributed by atoms with van der Waals surface area (Å²) in [6, 6.07) is 6.83. The highest BCUT2D eigenvalue weighted by Crippen LogP contribution is 2.42. The van der Waals surface area contributed by atoms with Crippen LogP contribution >= 0.6 is 0 Å². The van der Waals surface area contributed by atoms with Crippen LogP contribution in [0.25, 0.3) is 5.76 Å². The third-order valence-electron chi connectivity index (χ3n) is 5.88. The fourth-order valence-corrected chi connectivity index (χ4v) is 4.05. The number of morpholine rings is 1. The molecule has 1 unspecified atom stereocenters. The van der Waals surface area contributed by atoms with Crippen molar-refractivity contribution in [3.8, 4) is 0 Å². The number of benzene rings is 1. The van der Waals surface area contributed by atoms with Crippen molar-refractivity contribution in [3.63, 3.8) is 0 Å². The molecule has 0 saturated carbocycles. The third-order valence-corrected chi connectivity index (χ3v) is 5.88. The van der Waals surface area contributed by atoms with Gasteiger partial charge in [-0.15, -0.1) is 0 Å². The van der Waals surface area contributed by atoms with Crippen LogP contribution in [0.4, 0.5) is 0 Å². The molecule has 0 bridgehead atoms. The van der Waals surface area contributed by atoms with Gasteiger partial charge in [0, 0.05) is 37.1 Å². The summed E-state index contributed by atoms with van der Waals surface area (Å²) in [5.74, 6) is -1.50. The molecule has 0 N–H and O–H groups in total. The van der Waals surface area contributed by atoms with E-state index in [1.54, 1.807) is 43.0 Å². The fraction of sp³-hybridized carbons (Fsp3) is 0.478. The number of amides is 1. The molecule has 1 aromatic carbocycles. The highest BCUT2D eigenvalue weighted by atomic mass is 16.6. The molecule has 4 rings (SSSR count). The lowest BCUT2D eigenvalue weighted by Gasteiger charge is -2.41. The van der Waals surface area contributed by atoms with E-state index in [4.69, 9.17) is 14.2 Å². The lowest BCUT2D eigenvalue weighted by Crippen LogP contribution is -2.47. The molecule has 8 nitrogen and oxygen atoms in total. The van der Waals surface area contributed by atoms with Crippen LogP contribution in [0.5, 0.6) is 0 Å². The van der Waals surface area contributed by atoms with E-state index in [0.29, 0.717) is 43.2 Å². The topological polar surface area (TPSA) is 99.2 Å². The van der Waals surface area contributed by atoms with Gasteiger partial charge in [0.1, 0.15) is 17.5 Å². The highest BCUT2D eigenvalue weighted by molar-refractivity contribution is 6.52.